The number of carbonyl (C=O) groups excluding carboxylic acids is 1. The highest BCUT2D eigenvalue weighted by molar-refractivity contribution is 6.31. The fraction of sp³-hybridized carbons (Fsp3) is 0.238. The lowest BCUT2D eigenvalue weighted by molar-refractivity contribution is -0.121. The van der Waals surface area contributed by atoms with Gasteiger partial charge in [-0.3, -0.25) is 4.79 Å². The standard InChI is InChI=1S/C21H20ClNO2/c1-21(2,3)20(24)17(13-23)12-15-8-5-7-11-19(15)25-14-16-9-4-6-10-18(16)22/h4-12H,14H2,1-3H3. The van der Waals surface area contributed by atoms with Crippen LogP contribution >= 0.6 is 11.6 Å². The second-order valence-electron chi connectivity index (χ2n) is 6.67. The quantitative estimate of drug-likeness (QED) is 0.531. The molecule has 0 aliphatic carbocycles. The summed E-state index contributed by atoms with van der Waals surface area (Å²) in [6.45, 7) is 5.68. The Bertz CT molecular complexity index is 841. The molecular formula is C21H20ClNO2. The molecule has 0 saturated carbocycles. The van der Waals surface area contributed by atoms with Crippen molar-refractivity contribution in [2.45, 2.75) is 27.4 Å². The maximum atomic E-state index is 12.4. The summed E-state index contributed by atoms with van der Waals surface area (Å²) >= 11 is 6.15. The molecule has 0 atom stereocenters. The SMILES string of the molecule is CC(C)(C)C(=O)C(C#N)=Cc1ccccc1OCc1ccccc1Cl. The minimum absolute atomic E-state index is 0.112. The third kappa shape index (κ3) is 4.95. The summed E-state index contributed by atoms with van der Waals surface area (Å²) in [7, 11) is 0. The molecule has 2 rings (SSSR count). The Balaban J connectivity index is 2.29. The lowest BCUT2D eigenvalue weighted by Crippen LogP contribution is -2.21. The van der Waals surface area contributed by atoms with Crippen molar-refractivity contribution in [2.75, 3.05) is 0 Å². The van der Waals surface area contributed by atoms with Crippen molar-refractivity contribution in [1.29, 1.82) is 5.26 Å². The monoisotopic (exact) mass is 353 g/mol. The smallest absolute Gasteiger partial charge is 0.178 e. The molecule has 2 aromatic carbocycles. The maximum absolute atomic E-state index is 12.4. The number of hydrogen-bond acceptors (Lipinski definition) is 3. The fourth-order valence-corrected chi connectivity index (χ4v) is 2.40. The third-order valence-electron chi connectivity index (χ3n) is 3.61. The molecule has 0 fully saturated rings. The Labute approximate surface area is 153 Å². The Morgan fingerprint density at radius 3 is 2.44 bits per heavy atom. The van der Waals surface area contributed by atoms with Crippen molar-refractivity contribution in [1.82, 2.24) is 0 Å². The molecule has 2 aromatic rings. The van der Waals surface area contributed by atoms with E-state index in [1.54, 1.807) is 32.9 Å². The van der Waals surface area contributed by atoms with E-state index in [0.717, 1.165) is 5.56 Å². The molecule has 3 nitrogen and oxygen atoms in total. The molecule has 0 aromatic heterocycles. The zero-order valence-corrected chi connectivity index (χ0v) is 15.3. The molecule has 0 amide bonds. The van der Waals surface area contributed by atoms with Crippen LogP contribution in [0.1, 0.15) is 31.9 Å². The molecule has 0 N–H and O–H groups in total. The van der Waals surface area contributed by atoms with Crippen LogP contribution in [0.5, 0.6) is 5.75 Å². The predicted octanol–water partition coefficient (Wildman–Crippen LogP) is 5.44. The van der Waals surface area contributed by atoms with Crippen LogP contribution in [0.2, 0.25) is 5.02 Å². The first-order valence-electron chi connectivity index (χ1n) is 7.95. The summed E-state index contributed by atoms with van der Waals surface area (Å²) in [5.74, 6) is 0.396. The van der Waals surface area contributed by atoms with E-state index < -0.39 is 5.41 Å². The van der Waals surface area contributed by atoms with Gasteiger partial charge in [-0.05, 0) is 18.2 Å². The van der Waals surface area contributed by atoms with E-state index >= 15 is 0 Å². The van der Waals surface area contributed by atoms with Crippen LogP contribution in [0.15, 0.2) is 54.1 Å². The van der Waals surface area contributed by atoms with E-state index in [-0.39, 0.29) is 11.4 Å². The largest absolute Gasteiger partial charge is 0.488 e. The number of ether oxygens (including phenoxy) is 1. The zero-order valence-electron chi connectivity index (χ0n) is 14.5. The summed E-state index contributed by atoms with van der Waals surface area (Å²) in [4.78, 5) is 12.4. The van der Waals surface area contributed by atoms with Gasteiger partial charge in [0, 0.05) is 21.6 Å². The van der Waals surface area contributed by atoms with Crippen molar-refractivity contribution in [3.05, 3.63) is 70.3 Å². The molecule has 25 heavy (non-hydrogen) atoms. The number of hydrogen-bond donors (Lipinski definition) is 0. The highest BCUT2D eigenvalue weighted by atomic mass is 35.5. The molecule has 0 bridgehead atoms. The van der Waals surface area contributed by atoms with Crippen molar-refractivity contribution in [3.8, 4) is 11.8 Å². The molecule has 0 aliphatic heterocycles. The normalized spacial score (nSPS) is 11.7. The number of halogens is 1. The van der Waals surface area contributed by atoms with E-state index in [0.29, 0.717) is 22.9 Å². The first kappa shape index (κ1) is 18.8. The first-order valence-corrected chi connectivity index (χ1v) is 8.32. The minimum Gasteiger partial charge on any atom is -0.488 e. The topological polar surface area (TPSA) is 50.1 Å². The molecule has 0 aliphatic rings. The van der Waals surface area contributed by atoms with Crippen LogP contribution in [-0.2, 0) is 11.4 Å². The highest BCUT2D eigenvalue weighted by Crippen LogP contribution is 2.26. The van der Waals surface area contributed by atoms with Gasteiger partial charge in [-0.2, -0.15) is 5.26 Å². The average molecular weight is 354 g/mol. The Kier molecular flexibility index (Phi) is 6.01. The summed E-state index contributed by atoms with van der Waals surface area (Å²) in [5.41, 5.74) is 1.05. The number of carbonyl (C=O) groups is 1. The van der Waals surface area contributed by atoms with Gasteiger partial charge >= 0.3 is 0 Å². The van der Waals surface area contributed by atoms with E-state index in [1.165, 1.54) is 0 Å². The molecule has 0 radical (unpaired) electrons. The van der Waals surface area contributed by atoms with Gasteiger partial charge in [0.1, 0.15) is 18.4 Å². The summed E-state index contributed by atoms with van der Waals surface area (Å²) in [6, 6.07) is 16.8. The van der Waals surface area contributed by atoms with Crippen molar-refractivity contribution < 1.29 is 9.53 Å². The van der Waals surface area contributed by atoms with Gasteiger partial charge in [0.15, 0.2) is 5.78 Å². The summed E-state index contributed by atoms with van der Waals surface area (Å²) < 4.78 is 5.87. The Hall–Kier alpha value is -2.57. The molecule has 0 spiro atoms. The first-order chi connectivity index (χ1) is 11.8. The number of rotatable bonds is 5. The molecule has 0 unspecified atom stereocenters. The Morgan fingerprint density at radius 2 is 1.80 bits per heavy atom. The van der Waals surface area contributed by atoms with Crippen molar-refractivity contribution >= 4 is 23.5 Å². The molecule has 128 valence electrons. The van der Waals surface area contributed by atoms with Crippen LogP contribution in [-0.4, -0.2) is 5.78 Å². The predicted molar refractivity (Wildman–Crippen MR) is 100 cm³/mol. The van der Waals surface area contributed by atoms with Gasteiger partial charge in [0.05, 0.1) is 5.57 Å². The lowest BCUT2D eigenvalue weighted by atomic mass is 9.86. The average Bonchev–Trinajstić information content (AvgIpc) is 2.58. The lowest BCUT2D eigenvalue weighted by Gasteiger charge is -2.16. The van der Waals surface area contributed by atoms with Crippen molar-refractivity contribution in [3.63, 3.8) is 0 Å². The van der Waals surface area contributed by atoms with E-state index in [9.17, 15) is 10.1 Å². The number of nitrogens with zero attached hydrogens (tertiary/aromatic N) is 1. The van der Waals surface area contributed by atoms with Crippen LogP contribution in [0.4, 0.5) is 0 Å². The number of Topliss-reactive ketones (excluding diaryl/α,β-unsaturated/α-hetero) is 1. The van der Waals surface area contributed by atoms with Gasteiger partial charge < -0.3 is 4.74 Å². The van der Waals surface area contributed by atoms with Crippen LogP contribution in [0.3, 0.4) is 0 Å². The van der Waals surface area contributed by atoms with Crippen LogP contribution < -0.4 is 4.74 Å². The van der Waals surface area contributed by atoms with Crippen LogP contribution in [0, 0.1) is 16.7 Å². The van der Waals surface area contributed by atoms with Crippen molar-refractivity contribution in [2.24, 2.45) is 5.41 Å². The van der Waals surface area contributed by atoms with Gasteiger partial charge in [0.25, 0.3) is 0 Å². The molecular weight excluding hydrogens is 334 g/mol. The number of ketones is 1. The zero-order chi connectivity index (χ0) is 18.4. The Morgan fingerprint density at radius 1 is 1.16 bits per heavy atom. The van der Waals surface area contributed by atoms with E-state index in [4.69, 9.17) is 16.3 Å². The molecule has 0 heterocycles. The summed E-state index contributed by atoms with van der Waals surface area (Å²) in [6.07, 6.45) is 1.58. The van der Waals surface area contributed by atoms with E-state index in [2.05, 4.69) is 0 Å². The van der Waals surface area contributed by atoms with Gasteiger partial charge in [0.2, 0.25) is 0 Å². The second kappa shape index (κ2) is 8.00. The summed E-state index contributed by atoms with van der Waals surface area (Å²) in [5, 5.41) is 9.99. The van der Waals surface area contributed by atoms with Gasteiger partial charge in [-0.15, -0.1) is 0 Å². The minimum atomic E-state index is -0.616. The molecule has 0 saturated heterocycles. The second-order valence-corrected chi connectivity index (χ2v) is 7.07. The molecule has 4 heteroatoms. The fourth-order valence-electron chi connectivity index (χ4n) is 2.21. The van der Waals surface area contributed by atoms with E-state index in [1.807, 2.05) is 48.5 Å². The third-order valence-corrected chi connectivity index (χ3v) is 3.97. The van der Waals surface area contributed by atoms with Crippen LogP contribution in [0.25, 0.3) is 6.08 Å². The number of benzene rings is 2. The number of nitriles is 1. The highest BCUT2D eigenvalue weighted by Gasteiger charge is 2.25. The maximum Gasteiger partial charge on any atom is 0.178 e. The van der Waals surface area contributed by atoms with Gasteiger partial charge in [-0.25, -0.2) is 0 Å². The van der Waals surface area contributed by atoms with Gasteiger partial charge in [-0.1, -0.05) is 68.8 Å². The number of para-hydroxylation sites is 1. The number of allylic oxidation sites excluding steroid dienone is 1.